The van der Waals surface area contributed by atoms with Gasteiger partial charge < -0.3 is 4.98 Å². The summed E-state index contributed by atoms with van der Waals surface area (Å²) in [5.74, 6) is 3.40. The Bertz CT molecular complexity index is 652. The van der Waals surface area contributed by atoms with Gasteiger partial charge in [-0.25, -0.2) is 4.98 Å². The molecule has 0 saturated carbocycles. The van der Waals surface area contributed by atoms with Crippen LogP contribution < -0.4 is 0 Å². The molecule has 66 valence electrons. The second kappa shape index (κ2) is 2.39. The maximum Gasteiger partial charge on any atom is 0.213 e. The van der Waals surface area contributed by atoms with Crippen LogP contribution in [-0.2, 0) is 0 Å². The average Bonchev–Trinajstić information content (AvgIpc) is 2.75. The van der Waals surface area contributed by atoms with Gasteiger partial charge in [0.1, 0.15) is 5.69 Å². The Balaban J connectivity index is 2.63. The third kappa shape index (κ3) is 0.748. The zero-order chi connectivity index (χ0) is 9.54. The number of benzene rings is 1. The van der Waals surface area contributed by atoms with Crippen LogP contribution in [-0.4, -0.2) is 14.4 Å². The van der Waals surface area contributed by atoms with Crippen molar-refractivity contribution in [2.75, 3.05) is 0 Å². The zero-order valence-corrected chi connectivity index (χ0v) is 7.36. The Kier molecular flexibility index (Phi) is 1.23. The third-order valence-corrected chi connectivity index (χ3v) is 2.30. The molecule has 0 aliphatic heterocycles. The van der Waals surface area contributed by atoms with Gasteiger partial charge >= 0.3 is 0 Å². The average molecular weight is 181 g/mol. The topological polar surface area (TPSA) is 33.1 Å². The van der Waals surface area contributed by atoms with E-state index in [9.17, 15) is 0 Å². The first-order valence-electron chi connectivity index (χ1n) is 4.31. The van der Waals surface area contributed by atoms with Crippen molar-refractivity contribution in [3.05, 3.63) is 36.2 Å². The maximum absolute atomic E-state index is 5.39. The number of imidazole rings is 2. The summed E-state index contributed by atoms with van der Waals surface area (Å²) in [5.41, 5.74) is 2.89. The SMILES string of the molecule is C#Cc1cnc2[nH]c3ccccc3n12. The molecule has 0 saturated heterocycles. The van der Waals surface area contributed by atoms with Crippen molar-refractivity contribution in [2.24, 2.45) is 0 Å². The van der Waals surface area contributed by atoms with E-state index in [1.807, 2.05) is 28.7 Å². The molecule has 2 aromatic heterocycles. The van der Waals surface area contributed by atoms with Crippen LogP contribution in [0.25, 0.3) is 16.8 Å². The molecule has 0 bridgehead atoms. The Morgan fingerprint density at radius 3 is 3.07 bits per heavy atom. The molecule has 3 nitrogen and oxygen atoms in total. The van der Waals surface area contributed by atoms with E-state index < -0.39 is 0 Å². The summed E-state index contributed by atoms with van der Waals surface area (Å²) in [5, 5.41) is 0. The lowest BCUT2D eigenvalue weighted by molar-refractivity contribution is 1.22. The van der Waals surface area contributed by atoms with E-state index in [0.29, 0.717) is 0 Å². The van der Waals surface area contributed by atoms with Crippen LogP contribution in [0.3, 0.4) is 0 Å². The van der Waals surface area contributed by atoms with Gasteiger partial charge in [0.05, 0.1) is 17.2 Å². The standard InChI is InChI=1S/C11H7N3/c1-2-8-7-12-11-13-9-5-3-4-6-10(9)14(8)11/h1,3-7H,(H,12,13). The highest BCUT2D eigenvalue weighted by Crippen LogP contribution is 2.16. The van der Waals surface area contributed by atoms with E-state index in [2.05, 4.69) is 15.9 Å². The van der Waals surface area contributed by atoms with Gasteiger partial charge in [0.25, 0.3) is 0 Å². The molecule has 1 aromatic carbocycles. The third-order valence-electron chi connectivity index (χ3n) is 2.30. The van der Waals surface area contributed by atoms with Crippen molar-refractivity contribution < 1.29 is 0 Å². The fourth-order valence-electron chi connectivity index (χ4n) is 1.68. The van der Waals surface area contributed by atoms with Crippen LogP contribution in [0.15, 0.2) is 30.5 Å². The van der Waals surface area contributed by atoms with Gasteiger partial charge in [0, 0.05) is 0 Å². The number of nitrogens with zero attached hydrogens (tertiary/aromatic N) is 2. The molecule has 0 fully saturated rings. The maximum atomic E-state index is 5.39. The minimum atomic E-state index is 0.775. The van der Waals surface area contributed by atoms with E-state index in [0.717, 1.165) is 22.5 Å². The summed E-state index contributed by atoms with van der Waals surface area (Å²) >= 11 is 0. The van der Waals surface area contributed by atoms with Gasteiger partial charge in [-0.05, 0) is 12.1 Å². The number of rotatable bonds is 0. The number of para-hydroxylation sites is 2. The molecule has 14 heavy (non-hydrogen) atoms. The second-order valence-electron chi connectivity index (χ2n) is 3.09. The number of terminal acetylenes is 1. The first-order chi connectivity index (χ1) is 6.90. The minimum absolute atomic E-state index is 0.775. The Hall–Kier alpha value is -2.21. The van der Waals surface area contributed by atoms with E-state index in [1.54, 1.807) is 6.20 Å². The summed E-state index contributed by atoms with van der Waals surface area (Å²) < 4.78 is 1.94. The molecule has 0 spiro atoms. The van der Waals surface area contributed by atoms with Crippen molar-refractivity contribution in [2.45, 2.75) is 0 Å². The molecule has 2 heterocycles. The molecular weight excluding hydrogens is 174 g/mol. The van der Waals surface area contributed by atoms with Crippen molar-refractivity contribution in [1.29, 1.82) is 0 Å². The lowest BCUT2D eigenvalue weighted by Gasteiger charge is -1.90. The number of nitrogens with one attached hydrogen (secondary N) is 1. The van der Waals surface area contributed by atoms with Crippen LogP contribution in [0.2, 0.25) is 0 Å². The normalized spacial score (nSPS) is 10.8. The number of aromatic nitrogens is 3. The fraction of sp³-hybridized carbons (Fsp3) is 0. The Morgan fingerprint density at radius 1 is 1.36 bits per heavy atom. The zero-order valence-electron chi connectivity index (χ0n) is 7.36. The van der Waals surface area contributed by atoms with Crippen LogP contribution in [0, 0.1) is 12.3 Å². The molecule has 3 aromatic rings. The van der Waals surface area contributed by atoms with Gasteiger partial charge in [0.2, 0.25) is 5.78 Å². The molecule has 1 N–H and O–H groups in total. The van der Waals surface area contributed by atoms with E-state index in [4.69, 9.17) is 6.42 Å². The summed E-state index contributed by atoms with van der Waals surface area (Å²) in [6, 6.07) is 7.98. The molecule has 0 unspecified atom stereocenters. The van der Waals surface area contributed by atoms with Crippen LogP contribution in [0.1, 0.15) is 5.69 Å². The largest absolute Gasteiger partial charge is 0.323 e. The second-order valence-corrected chi connectivity index (χ2v) is 3.09. The van der Waals surface area contributed by atoms with Gasteiger partial charge in [-0.15, -0.1) is 6.42 Å². The summed E-state index contributed by atoms with van der Waals surface area (Å²) in [6.07, 6.45) is 7.08. The number of hydrogen-bond acceptors (Lipinski definition) is 1. The van der Waals surface area contributed by atoms with Crippen LogP contribution in [0.5, 0.6) is 0 Å². The Morgan fingerprint density at radius 2 is 2.21 bits per heavy atom. The molecule has 0 aliphatic rings. The van der Waals surface area contributed by atoms with Gasteiger partial charge in [0.15, 0.2) is 0 Å². The van der Waals surface area contributed by atoms with Crippen LogP contribution >= 0.6 is 0 Å². The van der Waals surface area contributed by atoms with Crippen molar-refractivity contribution in [3.8, 4) is 12.3 Å². The predicted molar refractivity (Wildman–Crippen MR) is 55.0 cm³/mol. The summed E-state index contributed by atoms with van der Waals surface area (Å²) in [6.45, 7) is 0. The van der Waals surface area contributed by atoms with E-state index in [1.165, 1.54) is 0 Å². The fourth-order valence-corrected chi connectivity index (χ4v) is 1.68. The summed E-state index contributed by atoms with van der Waals surface area (Å²) in [4.78, 5) is 7.38. The molecule has 0 radical (unpaired) electrons. The van der Waals surface area contributed by atoms with E-state index >= 15 is 0 Å². The first kappa shape index (κ1) is 7.22. The number of H-pyrrole nitrogens is 1. The number of aromatic amines is 1. The molecule has 3 rings (SSSR count). The lowest BCUT2D eigenvalue weighted by atomic mass is 10.3. The van der Waals surface area contributed by atoms with Gasteiger partial charge in [-0.3, -0.25) is 4.40 Å². The quantitative estimate of drug-likeness (QED) is 0.527. The highest BCUT2D eigenvalue weighted by molar-refractivity contribution is 5.80. The molecule has 0 aliphatic carbocycles. The summed E-state index contributed by atoms with van der Waals surface area (Å²) in [7, 11) is 0. The number of hydrogen-bond donors (Lipinski definition) is 1. The Labute approximate surface area is 80.4 Å². The van der Waals surface area contributed by atoms with Crippen LogP contribution in [0.4, 0.5) is 0 Å². The van der Waals surface area contributed by atoms with Crippen molar-refractivity contribution in [1.82, 2.24) is 14.4 Å². The van der Waals surface area contributed by atoms with Crippen molar-refractivity contribution in [3.63, 3.8) is 0 Å². The highest BCUT2D eigenvalue weighted by atomic mass is 15.1. The predicted octanol–water partition coefficient (Wildman–Crippen LogP) is 1.80. The molecule has 0 atom stereocenters. The lowest BCUT2D eigenvalue weighted by Crippen LogP contribution is -1.83. The molecule has 0 amide bonds. The van der Waals surface area contributed by atoms with Gasteiger partial charge in [-0.1, -0.05) is 18.1 Å². The first-order valence-corrected chi connectivity index (χ1v) is 4.31. The van der Waals surface area contributed by atoms with Crippen molar-refractivity contribution >= 4 is 16.8 Å². The monoisotopic (exact) mass is 181 g/mol. The van der Waals surface area contributed by atoms with Gasteiger partial charge in [-0.2, -0.15) is 0 Å². The highest BCUT2D eigenvalue weighted by Gasteiger charge is 2.06. The number of fused-ring (bicyclic) bond motifs is 3. The smallest absolute Gasteiger partial charge is 0.213 e. The van der Waals surface area contributed by atoms with E-state index in [-0.39, 0.29) is 0 Å². The molecular formula is C11H7N3. The minimum Gasteiger partial charge on any atom is -0.323 e. The molecule has 3 heteroatoms.